The zero-order valence-electron chi connectivity index (χ0n) is 9.39. The minimum atomic E-state index is -1.18. The summed E-state index contributed by atoms with van der Waals surface area (Å²) in [6.45, 7) is 0. The van der Waals surface area contributed by atoms with Crippen molar-refractivity contribution in [3.63, 3.8) is 0 Å². The molecule has 6 nitrogen and oxygen atoms in total. The predicted molar refractivity (Wildman–Crippen MR) is 61.1 cm³/mol. The summed E-state index contributed by atoms with van der Waals surface area (Å²) < 4.78 is 1.50. The zero-order valence-corrected chi connectivity index (χ0v) is 9.39. The molecule has 2 N–H and O–H groups in total. The number of aromatic nitrogens is 3. The number of hydrogen-bond acceptors (Lipinski definition) is 4. The topological polar surface area (TPSA) is 88.2 Å². The molecule has 0 radical (unpaired) electrons. The van der Waals surface area contributed by atoms with Crippen molar-refractivity contribution >= 4 is 5.97 Å². The van der Waals surface area contributed by atoms with Crippen LogP contribution >= 0.6 is 0 Å². The van der Waals surface area contributed by atoms with Crippen LogP contribution in [0.3, 0.4) is 0 Å². The quantitative estimate of drug-likeness (QED) is 0.824. The van der Waals surface area contributed by atoms with Crippen molar-refractivity contribution in [3.8, 4) is 0 Å². The minimum Gasteiger partial charge on any atom is -0.475 e. The molecule has 1 aliphatic heterocycles. The van der Waals surface area contributed by atoms with Crippen LogP contribution in [0.5, 0.6) is 0 Å². The maximum absolute atomic E-state index is 10.8. The zero-order chi connectivity index (χ0) is 12.7. The van der Waals surface area contributed by atoms with Gasteiger partial charge in [0.15, 0.2) is 5.82 Å². The van der Waals surface area contributed by atoms with E-state index in [0.29, 0.717) is 12.2 Å². The molecule has 1 aliphatic rings. The van der Waals surface area contributed by atoms with Crippen LogP contribution in [0.4, 0.5) is 0 Å². The van der Waals surface area contributed by atoms with E-state index < -0.39 is 12.1 Å². The molecule has 6 heteroatoms. The number of carbonyl (C=O) groups is 1. The van der Waals surface area contributed by atoms with Crippen molar-refractivity contribution in [2.75, 3.05) is 0 Å². The molecule has 92 valence electrons. The van der Waals surface area contributed by atoms with Gasteiger partial charge in [-0.25, -0.2) is 14.5 Å². The molecule has 0 spiro atoms. The van der Waals surface area contributed by atoms with E-state index in [1.165, 1.54) is 4.68 Å². The number of aliphatic hydroxyl groups is 1. The number of aliphatic hydroxyl groups excluding tert-OH is 1. The lowest BCUT2D eigenvalue weighted by molar-refractivity contribution is 0.0682. The molecule has 1 aromatic heterocycles. The molecule has 2 aromatic rings. The van der Waals surface area contributed by atoms with E-state index in [9.17, 15) is 9.90 Å². The van der Waals surface area contributed by atoms with Gasteiger partial charge in [-0.2, -0.15) is 0 Å². The maximum Gasteiger partial charge on any atom is 0.375 e. The molecule has 0 fully saturated rings. The van der Waals surface area contributed by atoms with Gasteiger partial charge in [0.2, 0.25) is 0 Å². The lowest BCUT2D eigenvalue weighted by Crippen LogP contribution is -2.09. The Morgan fingerprint density at radius 2 is 2.06 bits per heavy atom. The fourth-order valence-corrected chi connectivity index (χ4v) is 2.25. The first-order valence-corrected chi connectivity index (χ1v) is 5.59. The molecule has 0 unspecified atom stereocenters. The lowest BCUT2D eigenvalue weighted by Gasteiger charge is -2.11. The average molecular weight is 245 g/mol. The molecule has 0 saturated carbocycles. The Balaban J connectivity index is 2.05. The van der Waals surface area contributed by atoms with Gasteiger partial charge in [-0.15, -0.1) is 5.10 Å². The Hall–Kier alpha value is -2.21. The van der Waals surface area contributed by atoms with Crippen LogP contribution in [0, 0.1) is 0 Å². The van der Waals surface area contributed by atoms with E-state index in [1.807, 2.05) is 30.3 Å². The van der Waals surface area contributed by atoms with Gasteiger partial charge in [-0.05, 0) is 5.56 Å². The fourth-order valence-electron chi connectivity index (χ4n) is 2.25. The van der Waals surface area contributed by atoms with Gasteiger partial charge < -0.3 is 10.2 Å². The highest BCUT2D eigenvalue weighted by Crippen LogP contribution is 2.36. The molecular weight excluding hydrogens is 234 g/mol. The summed E-state index contributed by atoms with van der Waals surface area (Å²) in [5, 5.41) is 22.7. The maximum atomic E-state index is 10.8. The number of benzene rings is 1. The molecule has 2 heterocycles. The Bertz CT molecular complexity index is 594. The van der Waals surface area contributed by atoms with E-state index >= 15 is 0 Å². The Kier molecular flexibility index (Phi) is 2.38. The smallest absolute Gasteiger partial charge is 0.375 e. The largest absolute Gasteiger partial charge is 0.475 e. The first kappa shape index (κ1) is 10.9. The third kappa shape index (κ3) is 1.58. The van der Waals surface area contributed by atoms with E-state index in [2.05, 4.69) is 10.1 Å². The van der Waals surface area contributed by atoms with Gasteiger partial charge in [0.25, 0.3) is 5.82 Å². The second kappa shape index (κ2) is 3.92. The van der Waals surface area contributed by atoms with Crippen LogP contribution in [0.15, 0.2) is 30.3 Å². The number of nitrogens with zero attached hydrogens (tertiary/aromatic N) is 3. The number of carboxylic acids is 1. The van der Waals surface area contributed by atoms with Crippen LogP contribution in [0.1, 0.15) is 40.6 Å². The summed E-state index contributed by atoms with van der Waals surface area (Å²) in [5.74, 6) is -1.14. The summed E-state index contributed by atoms with van der Waals surface area (Å²) in [6, 6.07) is 9.39. The van der Waals surface area contributed by atoms with Crippen LogP contribution in [-0.2, 0) is 0 Å². The third-order valence-electron chi connectivity index (χ3n) is 3.07. The van der Waals surface area contributed by atoms with Crippen LogP contribution in [0.2, 0.25) is 0 Å². The molecule has 1 aromatic carbocycles. The number of fused-ring (bicyclic) bond motifs is 1. The van der Waals surface area contributed by atoms with Crippen molar-refractivity contribution in [2.24, 2.45) is 0 Å². The van der Waals surface area contributed by atoms with Crippen molar-refractivity contribution in [2.45, 2.75) is 18.6 Å². The second-order valence-corrected chi connectivity index (χ2v) is 4.22. The van der Waals surface area contributed by atoms with Crippen molar-refractivity contribution in [1.82, 2.24) is 14.8 Å². The lowest BCUT2D eigenvalue weighted by atomic mass is 10.0. The summed E-state index contributed by atoms with van der Waals surface area (Å²) in [6.07, 6.45) is -0.296. The molecule has 0 bridgehead atoms. The molecule has 0 aliphatic carbocycles. The summed E-state index contributed by atoms with van der Waals surface area (Å²) in [5.41, 5.74) is 0.983. The highest BCUT2D eigenvalue weighted by Gasteiger charge is 2.34. The molecule has 0 amide bonds. The normalized spacial score (nSPS) is 21.8. The standard InChI is InChI=1S/C12H11N3O3/c16-9-6-8(7-4-2-1-3-5-7)15-11(9)13-10(14-15)12(17)18/h1-5,8-9,16H,6H2,(H,17,18)/t8-,9-/m0/s1. The van der Waals surface area contributed by atoms with E-state index in [0.717, 1.165) is 5.56 Å². The van der Waals surface area contributed by atoms with Gasteiger partial charge >= 0.3 is 5.97 Å². The molecule has 3 rings (SSSR count). The average Bonchev–Trinajstić information content (AvgIpc) is 2.92. The highest BCUT2D eigenvalue weighted by atomic mass is 16.4. The van der Waals surface area contributed by atoms with Gasteiger partial charge in [-0.1, -0.05) is 30.3 Å². The second-order valence-electron chi connectivity index (χ2n) is 4.22. The molecule has 18 heavy (non-hydrogen) atoms. The summed E-state index contributed by atoms with van der Waals surface area (Å²) in [7, 11) is 0. The van der Waals surface area contributed by atoms with Gasteiger partial charge in [-0.3, -0.25) is 0 Å². The predicted octanol–water partition coefficient (Wildman–Crippen LogP) is 1.00. The Morgan fingerprint density at radius 1 is 1.33 bits per heavy atom. The van der Waals surface area contributed by atoms with E-state index in [1.54, 1.807) is 0 Å². The van der Waals surface area contributed by atoms with Crippen molar-refractivity contribution in [3.05, 3.63) is 47.5 Å². The highest BCUT2D eigenvalue weighted by molar-refractivity contribution is 5.82. The number of hydrogen-bond donors (Lipinski definition) is 2. The monoisotopic (exact) mass is 245 g/mol. The molecular formula is C12H11N3O3. The number of aromatic carboxylic acids is 1. The summed E-state index contributed by atoms with van der Waals surface area (Å²) >= 11 is 0. The van der Waals surface area contributed by atoms with E-state index in [-0.39, 0.29) is 11.9 Å². The summed E-state index contributed by atoms with van der Waals surface area (Å²) in [4.78, 5) is 14.7. The Morgan fingerprint density at radius 3 is 2.72 bits per heavy atom. The van der Waals surface area contributed by atoms with Gasteiger partial charge in [0, 0.05) is 6.42 Å². The van der Waals surface area contributed by atoms with E-state index in [4.69, 9.17) is 5.11 Å². The molecule has 0 saturated heterocycles. The molecule has 2 atom stereocenters. The van der Waals surface area contributed by atoms with Gasteiger partial charge in [0.1, 0.15) is 6.10 Å². The van der Waals surface area contributed by atoms with Crippen LogP contribution in [0.25, 0.3) is 0 Å². The minimum absolute atomic E-state index is 0.156. The van der Waals surface area contributed by atoms with Crippen LogP contribution in [-0.4, -0.2) is 30.9 Å². The Labute approximate surface area is 103 Å². The SMILES string of the molecule is O=C(O)c1nc2n(n1)[C@H](c1ccccc1)C[C@@H]2O. The van der Waals surface area contributed by atoms with Crippen LogP contribution < -0.4 is 0 Å². The first-order valence-electron chi connectivity index (χ1n) is 5.59. The van der Waals surface area contributed by atoms with Crippen molar-refractivity contribution in [1.29, 1.82) is 0 Å². The van der Waals surface area contributed by atoms with Gasteiger partial charge in [0.05, 0.1) is 6.04 Å². The number of carboxylic acid groups (broad SMARTS) is 1. The van der Waals surface area contributed by atoms with Crippen molar-refractivity contribution < 1.29 is 15.0 Å². The fraction of sp³-hybridized carbons (Fsp3) is 0.250. The first-order chi connectivity index (χ1) is 8.66. The third-order valence-corrected chi connectivity index (χ3v) is 3.07. The number of rotatable bonds is 2.